The fourth-order valence-electron chi connectivity index (χ4n) is 2.50. The molecule has 0 unspecified atom stereocenters. The van der Waals surface area contributed by atoms with Gasteiger partial charge in [0.15, 0.2) is 11.6 Å². The van der Waals surface area contributed by atoms with Gasteiger partial charge in [0.05, 0.1) is 16.3 Å². The van der Waals surface area contributed by atoms with E-state index >= 15 is 0 Å². The van der Waals surface area contributed by atoms with Gasteiger partial charge in [0, 0.05) is 30.3 Å². The Balaban J connectivity index is 0.000000890. The molecule has 0 spiro atoms. The first kappa shape index (κ1) is 25.5. The Labute approximate surface area is 198 Å². The predicted molar refractivity (Wildman–Crippen MR) is 136 cm³/mol. The molecule has 1 aromatic carbocycles. The Morgan fingerprint density at radius 2 is 1.82 bits per heavy atom. The van der Waals surface area contributed by atoms with E-state index in [0.717, 1.165) is 6.21 Å². The molecule has 9 heteroatoms. The Bertz CT molecular complexity index is 1140. The standard InChI is InChI=1S/C20H18ClN7O.C4H10/c1-2-13(11-22)20(29)26-16-7-4-8-18(25-16)28-10-9-17(27-28)24-15-6-3-5-14(12-23)19(15)21;1-3-4-2/h2-12,22-23H,1H3,(H,24,27)(H,25,26,29);3-4H2,1-2H3/b13-2+,22-11?,23-12?;. The van der Waals surface area contributed by atoms with Crippen molar-refractivity contribution in [1.29, 1.82) is 10.8 Å². The lowest BCUT2D eigenvalue weighted by Crippen LogP contribution is -2.16. The van der Waals surface area contributed by atoms with Gasteiger partial charge in [0.1, 0.15) is 5.82 Å². The molecule has 172 valence electrons. The van der Waals surface area contributed by atoms with Crippen molar-refractivity contribution in [2.45, 2.75) is 33.6 Å². The largest absolute Gasteiger partial charge is 0.338 e. The second-order valence-electron chi connectivity index (χ2n) is 6.85. The van der Waals surface area contributed by atoms with Crippen LogP contribution in [0.4, 0.5) is 17.3 Å². The molecule has 2 aromatic heterocycles. The Kier molecular flexibility index (Phi) is 9.98. The smallest absolute Gasteiger partial charge is 0.258 e. The van der Waals surface area contributed by atoms with Gasteiger partial charge in [-0.15, -0.1) is 5.10 Å². The predicted octanol–water partition coefficient (Wildman–Crippen LogP) is 6.00. The SMILES string of the molecule is C/C=C(\C=N)C(=O)Nc1cccc(-n2ccc(Nc3cccc(C=N)c3Cl)n2)n1.CCCC. The second kappa shape index (κ2) is 12.9. The quantitative estimate of drug-likeness (QED) is 0.241. The maximum absolute atomic E-state index is 12.1. The number of carbonyl (C=O) groups is 1. The fourth-order valence-corrected chi connectivity index (χ4v) is 2.73. The molecule has 2 heterocycles. The molecular weight excluding hydrogens is 438 g/mol. The number of carbonyl (C=O) groups excluding carboxylic acids is 1. The van der Waals surface area contributed by atoms with E-state index in [1.165, 1.54) is 19.1 Å². The Morgan fingerprint density at radius 1 is 1.09 bits per heavy atom. The number of hydrogen-bond acceptors (Lipinski definition) is 6. The number of hydrogen-bond donors (Lipinski definition) is 4. The lowest BCUT2D eigenvalue weighted by Gasteiger charge is -2.08. The second-order valence-corrected chi connectivity index (χ2v) is 7.23. The van der Waals surface area contributed by atoms with Crippen molar-refractivity contribution in [3.8, 4) is 5.82 Å². The van der Waals surface area contributed by atoms with Gasteiger partial charge in [0.2, 0.25) is 0 Å². The zero-order valence-corrected chi connectivity index (χ0v) is 19.6. The summed E-state index contributed by atoms with van der Waals surface area (Å²) in [6.45, 7) is 6.05. The van der Waals surface area contributed by atoms with E-state index in [4.69, 9.17) is 22.4 Å². The average molecular weight is 466 g/mol. The van der Waals surface area contributed by atoms with Crippen LogP contribution in [-0.4, -0.2) is 33.1 Å². The van der Waals surface area contributed by atoms with Gasteiger partial charge in [-0.3, -0.25) is 4.79 Å². The average Bonchev–Trinajstić information content (AvgIpc) is 3.30. The zero-order chi connectivity index (χ0) is 24.2. The van der Waals surface area contributed by atoms with Crippen LogP contribution in [0, 0.1) is 10.8 Å². The maximum atomic E-state index is 12.1. The highest BCUT2D eigenvalue weighted by Crippen LogP contribution is 2.27. The molecular formula is C24H28ClN7O. The number of rotatable bonds is 8. The first-order chi connectivity index (χ1) is 16.0. The highest BCUT2D eigenvalue weighted by molar-refractivity contribution is 6.35. The Morgan fingerprint density at radius 3 is 2.45 bits per heavy atom. The van der Waals surface area contributed by atoms with Crippen LogP contribution in [0.5, 0.6) is 0 Å². The van der Waals surface area contributed by atoms with Crippen LogP contribution in [0.25, 0.3) is 5.82 Å². The number of nitrogens with one attached hydrogen (secondary N) is 4. The molecule has 0 bridgehead atoms. The highest BCUT2D eigenvalue weighted by atomic mass is 35.5. The van der Waals surface area contributed by atoms with Crippen molar-refractivity contribution in [1.82, 2.24) is 14.8 Å². The summed E-state index contributed by atoms with van der Waals surface area (Å²) in [5.74, 6) is 0.994. The van der Waals surface area contributed by atoms with E-state index in [9.17, 15) is 4.79 Å². The minimum Gasteiger partial charge on any atom is -0.338 e. The number of allylic oxidation sites excluding steroid dienone is 1. The van der Waals surface area contributed by atoms with Gasteiger partial charge in [-0.25, -0.2) is 9.67 Å². The summed E-state index contributed by atoms with van der Waals surface area (Å²) >= 11 is 6.28. The van der Waals surface area contributed by atoms with Crippen molar-refractivity contribution in [3.05, 3.63) is 70.9 Å². The molecule has 0 aliphatic rings. The molecule has 3 aromatic rings. The van der Waals surface area contributed by atoms with Crippen LogP contribution in [0.2, 0.25) is 5.02 Å². The molecule has 0 radical (unpaired) electrons. The third-order valence-electron chi connectivity index (χ3n) is 4.48. The van der Waals surface area contributed by atoms with Crippen LogP contribution < -0.4 is 10.6 Å². The number of benzene rings is 1. The molecule has 4 N–H and O–H groups in total. The molecule has 1 amide bonds. The molecule has 0 aliphatic heterocycles. The molecule has 0 saturated heterocycles. The van der Waals surface area contributed by atoms with Crippen molar-refractivity contribution in [3.63, 3.8) is 0 Å². The summed E-state index contributed by atoms with van der Waals surface area (Å²) in [4.78, 5) is 16.5. The fraction of sp³-hybridized carbons (Fsp3) is 0.208. The van der Waals surface area contributed by atoms with Crippen LogP contribution in [-0.2, 0) is 4.79 Å². The third kappa shape index (κ3) is 7.11. The zero-order valence-electron chi connectivity index (χ0n) is 18.9. The molecule has 0 atom stereocenters. The van der Waals surface area contributed by atoms with E-state index in [1.807, 2.05) is 0 Å². The molecule has 0 aliphatic carbocycles. The van der Waals surface area contributed by atoms with Crippen LogP contribution >= 0.6 is 11.6 Å². The lowest BCUT2D eigenvalue weighted by atomic mass is 10.2. The minimum atomic E-state index is -0.407. The minimum absolute atomic E-state index is 0.242. The highest BCUT2D eigenvalue weighted by Gasteiger charge is 2.10. The van der Waals surface area contributed by atoms with Gasteiger partial charge in [-0.1, -0.05) is 62.6 Å². The van der Waals surface area contributed by atoms with Gasteiger partial charge >= 0.3 is 0 Å². The van der Waals surface area contributed by atoms with E-state index in [-0.39, 0.29) is 5.57 Å². The van der Waals surface area contributed by atoms with E-state index in [1.54, 1.807) is 66.3 Å². The van der Waals surface area contributed by atoms with E-state index < -0.39 is 5.91 Å². The topological polar surface area (TPSA) is 120 Å². The number of pyridine rings is 1. The number of nitrogens with zero attached hydrogens (tertiary/aromatic N) is 3. The number of halogens is 1. The van der Waals surface area contributed by atoms with Gasteiger partial charge in [0.25, 0.3) is 5.91 Å². The summed E-state index contributed by atoms with van der Waals surface area (Å²) in [6.07, 6.45) is 8.09. The van der Waals surface area contributed by atoms with Crippen molar-refractivity contribution in [2.75, 3.05) is 10.6 Å². The molecule has 0 saturated carbocycles. The molecule has 33 heavy (non-hydrogen) atoms. The van der Waals surface area contributed by atoms with Crippen LogP contribution in [0.3, 0.4) is 0 Å². The van der Waals surface area contributed by atoms with Crippen molar-refractivity contribution < 1.29 is 4.79 Å². The summed E-state index contributed by atoms with van der Waals surface area (Å²) < 4.78 is 1.56. The number of aromatic nitrogens is 3. The van der Waals surface area contributed by atoms with E-state index in [2.05, 4.69) is 34.6 Å². The molecule has 0 fully saturated rings. The van der Waals surface area contributed by atoms with Gasteiger partial charge in [-0.05, 0) is 25.1 Å². The summed E-state index contributed by atoms with van der Waals surface area (Å²) in [6, 6.07) is 12.3. The maximum Gasteiger partial charge on any atom is 0.258 e. The van der Waals surface area contributed by atoms with Crippen molar-refractivity contribution in [2.24, 2.45) is 0 Å². The monoisotopic (exact) mass is 465 g/mol. The van der Waals surface area contributed by atoms with Crippen LogP contribution in [0.15, 0.2) is 60.3 Å². The van der Waals surface area contributed by atoms with E-state index in [0.29, 0.717) is 33.7 Å². The number of anilines is 3. The lowest BCUT2D eigenvalue weighted by molar-refractivity contribution is -0.112. The third-order valence-corrected chi connectivity index (χ3v) is 4.90. The summed E-state index contributed by atoms with van der Waals surface area (Å²) in [5.41, 5.74) is 1.48. The van der Waals surface area contributed by atoms with Gasteiger partial charge < -0.3 is 21.5 Å². The first-order valence-corrected chi connectivity index (χ1v) is 10.9. The van der Waals surface area contributed by atoms with Gasteiger partial charge in [-0.2, -0.15) is 0 Å². The number of unbranched alkanes of at least 4 members (excludes halogenated alkanes) is 1. The molecule has 3 rings (SSSR count). The molecule has 8 nitrogen and oxygen atoms in total. The summed E-state index contributed by atoms with van der Waals surface area (Å²) in [5, 5.41) is 25.3. The van der Waals surface area contributed by atoms with Crippen LogP contribution in [0.1, 0.15) is 39.2 Å². The Hall–Kier alpha value is -3.78. The normalized spacial score (nSPS) is 10.6. The van der Waals surface area contributed by atoms with Crippen molar-refractivity contribution >= 4 is 47.3 Å². The summed E-state index contributed by atoms with van der Waals surface area (Å²) in [7, 11) is 0. The first-order valence-electron chi connectivity index (χ1n) is 10.5. The number of amides is 1.